The van der Waals surface area contributed by atoms with Crippen LogP contribution < -0.4 is 5.73 Å². The van der Waals surface area contributed by atoms with Crippen molar-refractivity contribution in [1.82, 2.24) is 0 Å². The molecule has 4 heteroatoms. The normalized spacial score (nSPS) is 12.7. The Morgan fingerprint density at radius 1 is 1.00 bits per heavy atom. The minimum absolute atomic E-state index is 0.115. The summed E-state index contributed by atoms with van der Waals surface area (Å²) in [6.07, 6.45) is -0.115. The van der Waals surface area contributed by atoms with E-state index in [0.29, 0.717) is 5.02 Å². The quantitative estimate of drug-likeness (QED) is 0.715. The zero-order valence-corrected chi connectivity index (χ0v) is 12.0. The molecule has 0 radical (unpaired) electrons. The highest BCUT2D eigenvalue weighted by Gasteiger charge is 2.19. The van der Waals surface area contributed by atoms with Crippen molar-refractivity contribution in [1.29, 1.82) is 0 Å². The van der Waals surface area contributed by atoms with E-state index >= 15 is 0 Å². The molecule has 0 aromatic heterocycles. The standard InChI is InChI=1S/C17H14ClNO2/c18-17-12-7-3-1-5-10(12)16(14(19)9-15(20)21)11-6-2-4-8-13(11)17/h1-8,14H,9,19H2,(H,20,21). The third-order valence-corrected chi connectivity index (χ3v) is 4.08. The Morgan fingerprint density at radius 2 is 1.43 bits per heavy atom. The van der Waals surface area contributed by atoms with E-state index in [1.54, 1.807) is 0 Å². The van der Waals surface area contributed by atoms with Crippen LogP contribution in [-0.2, 0) is 4.79 Å². The highest BCUT2D eigenvalue weighted by atomic mass is 35.5. The molecule has 1 unspecified atom stereocenters. The predicted molar refractivity (Wildman–Crippen MR) is 85.6 cm³/mol. The minimum atomic E-state index is -0.911. The van der Waals surface area contributed by atoms with Gasteiger partial charge in [-0.3, -0.25) is 4.79 Å². The number of benzene rings is 3. The van der Waals surface area contributed by atoms with Gasteiger partial charge in [-0.15, -0.1) is 0 Å². The molecule has 3 aromatic carbocycles. The SMILES string of the molecule is NC(CC(=O)O)c1c2ccccc2c(Cl)c2ccccc12. The first kappa shape index (κ1) is 13.9. The summed E-state index contributed by atoms with van der Waals surface area (Å²) >= 11 is 6.50. The Hall–Kier alpha value is -2.10. The van der Waals surface area contributed by atoms with Crippen LogP contribution in [0.5, 0.6) is 0 Å². The Balaban J connectivity index is 2.42. The molecule has 1 atom stereocenters. The van der Waals surface area contributed by atoms with Crippen LogP contribution in [0.2, 0.25) is 5.02 Å². The summed E-state index contributed by atoms with van der Waals surface area (Å²) in [7, 11) is 0. The number of carbonyl (C=O) groups is 1. The number of fused-ring (bicyclic) bond motifs is 2. The zero-order chi connectivity index (χ0) is 15.0. The van der Waals surface area contributed by atoms with Gasteiger partial charge in [0.05, 0.1) is 11.4 Å². The number of carboxylic acids is 1. The monoisotopic (exact) mass is 299 g/mol. The second-order valence-corrected chi connectivity index (χ2v) is 5.40. The van der Waals surface area contributed by atoms with Crippen LogP contribution in [0, 0.1) is 0 Å². The third-order valence-electron chi connectivity index (χ3n) is 3.67. The number of nitrogens with two attached hydrogens (primary N) is 1. The van der Waals surface area contributed by atoms with Gasteiger partial charge in [0.2, 0.25) is 0 Å². The molecule has 21 heavy (non-hydrogen) atoms. The molecule has 3 aromatic rings. The Bertz CT molecular complexity index is 788. The maximum atomic E-state index is 11.0. The molecule has 0 saturated carbocycles. The van der Waals surface area contributed by atoms with E-state index in [9.17, 15) is 4.79 Å². The van der Waals surface area contributed by atoms with Crippen molar-refractivity contribution >= 4 is 39.1 Å². The van der Waals surface area contributed by atoms with Crippen LogP contribution >= 0.6 is 11.6 Å². The molecule has 0 amide bonds. The third kappa shape index (κ3) is 2.35. The summed E-state index contributed by atoms with van der Waals surface area (Å²) in [5, 5.41) is 13.3. The van der Waals surface area contributed by atoms with Crippen molar-refractivity contribution in [2.24, 2.45) is 5.73 Å². The average Bonchev–Trinajstić information content (AvgIpc) is 2.47. The number of halogens is 1. The van der Waals surface area contributed by atoms with E-state index < -0.39 is 12.0 Å². The first-order valence-corrected chi connectivity index (χ1v) is 7.03. The zero-order valence-electron chi connectivity index (χ0n) is 11.2. The summed E-state index contributed by atoms with van der Waals surface area (Å²) in [5.74, 6) is -0.911. The number of hydrogen-bond acceptors (Lipinski definition) is 2. The largest absolute Gasteiger partial charge is 0.481 e. The highest BCUT2D eigenvalue weighted by Crippen LogP contribution is 2.38. The van der Waals surface area contributed by atoms with E-state index in [1.165, 1.54) is 0 Å². The van der Waals surface area contributed by atoms with Gasteiger partial charge in [-0.05, 0) is 16.3 Å². The van der Waals surface area contributed by atoms with Gasteiger partial charge in [-0.1, -0.05) is 60.1 Å². The maximum absolute atomic E-state index is 11.0. The fraction of sp³-hybridized carbons (Fsp3) is 0.118. The molecule has 0 spiro atoms. The molecule has 0 aliphatic rings. The molecule has 3 N–H and O–H groups in total. The summed E-state index contributed by atoms with van der Waals surface area (Å²) in [6, 6.07) is 14.8. The van der Waals surface area contributed by atoms with Gasteiger partial charge in [0.25, 0.3) is 0 Å². The Kier molecular flexibility index (Phi) is 3.53. The molecular weight excluding hydrogens is 286 g/mol. The average molecular weight is 300 g/mol. The molecule has 0 heterocycles. The molecular formula is C17H14ClNO2. The van der Waals surface area contributed by atoms with Crippen LogP contribution in [-0.4, -0.2) is 11.1 Å². The van der Waals surface area contributed by atoms with Crippen molar-refractivity contribution in [2.45, 2.75) is 12.5 Å². The lowest BCUT2D eigenvalue weighted by atomic mass is 9.91. The van der Waals surface area contributed by atoms with E-state index in [1.807, 2.05) is 48.5 Å². The lowest BCUT2D eigenvalue weighted by Gasteiger charge is -2.18. The number of rotatable bonds is 3. The van der Waals surface area contributed by atoms with Gasteiger partial charge in [-0.2, -0.15) is 0 Å². The summed E-state index contributed by atoms with van der Waals surface area (Å²) in [4.78, 5) is 11.0. The van der Waals surface area contributed by atoms with Crippen LogP contribution in [0.3, 0.4) is 0 Å². The van der Waals surface area contributed by atoms with Gasteiger partial charge in [-0.25, -0.2) is 0 Å². The second kappa shape index (κ2) is 5.35. The van der Waals surface area contributed by atoms with Gasteiger partial charge in [0, 0.05) is 16.8 Å². The van der Waals surface area contributed by atoms with Gasteiger partial charge >= 0.3 is 5.97 Å². The molecule has 0 bridgehead atoms. The Morgan fingerprint density at radius 3 is 1.86 bits per heavy atom. The molecule has 3 nitrogen and oxygen atoms in total. The van der Waals surface area contributed by atoms with E-state index in [-0.39, 0.29) is 6.42 Å². The van der Waals surface area contributed by atoms with Gasteiger partial charge in [0.15, 0.2) is 0 Å². The van der Waals surface area contributed by atoms with Gasteiger partial charge < -0.3 is 10.8 Å². The maximum Gasteiger partial charge on any atom is 0.305 e. The van der Waals surface area contributed by atoms with E-state index in [4.69, 9.17) is 22.4 Å². The lowest BCUT2D eigenvalue weighted by molar-refractivity contribution is -0.137. The number of aliphatic carboxylic acids is 1. The fourth-order valence-electron chi connectivity index (χ4n) is 2.80. The van der Waals surface area contributed by atoms with Crippen molar-refractivity contribution < 1.29 is 9.90 Å². The van der Waals surface area contributed by atoms with Crippen molar-refractivity contribution in [3.05, 3.63) is 59.1 Å². The van der Waals surface area contributed by atoms with E-state index in [2.05, 4.69) is 0 Å². The fourth-order valence-corrected chi connectivity index (χ4v) is 3.13. The first-order valence-electron chi connectivity index (χ1n) is 6.66. The summed E-state index contributed by atoms with van der Waals surface area (Å²) < 4.78 is 0. The molecule has 0 fully saturated rings. The van der Waals surface area contributed by atoms with Crippen molar-refractivity contribution in [2.75, 3.05) is 0 Å². The molecule has 0 aliphatic carbocycles. The van der Waals surface area contributed by atoms with Gasteiger partial charge in [0.1, 0.15) is 0 Å². The van der Waals surface area contributed by atoms with Crippen LogP contribution in [0.15, 0.2) is 48.5 Å². The first-order chi connectivity index (χ1) is 10.1. The number of hydrogen-bond donors (Lipinski definition) is 2. The molecule has 0 aliphatic heterocycles. The second-order valence-electron chi connectivity index (χ2n) is 5.02. The smallest absolute Gasteiger partial charge is 0.305 e. The summed E-state index contributed by atoms with van der Waals surface area (Å²) in [5.41, 5.74) is 7.00. The van der Waals surface area contributed by atoms with Crippen LogP contribution in [0.25, 0.3) is 21.5 Å². The topological polar surface area (TPSA) is 63.3 Å². The predicted octanol–water partition coefficient (Wildman–Crippen LogP) is 4.12. The van der Waals surface area contributed by atoms with Crippen molar-refractivity contribution in [3.8, 4) is 0 Å². The molecule has 106 valence electrons. The van der Waals surface area contributed by atoms with E-state index in [0.717, 1.165) is 27.1 Å². The minimum Gasteiger partial charge on any atom is -0.481 e. The lowest BCUT2D eigenvalue weighted by Crippen LogP contribution is -2.16. The Labute approximate surface area is 126 Å². The van der Waals surface area contributed by atoms with Crippen LogP contribution in [0.1, 0.15) is 18.0 Å². The summed E-state index contributed by atoms with van der Waals surface area (Å²) in [6.45, 7) is 0. The highest BCUT2D eigenvalue weighted by molar-refractivity contribution is 6.41. The van der Waals surface area contributed by atoms with Crippen molar-refractivity contribution in [3.63, 3.8) is 0 Å². The molecule has 3 rings (SSSR count). The van der Waals surface area contributed by atoms with Crippen LogP contribution in [0.4, 0.5) is 0 Å². The number of carboxylic acid groups (broad SMARTS) is 1. The molecule has 0 saturated heterocycles.